The summed E-state index contributed by atoms with van der Waals surface area (Å²) >= 11 is 0. The van der Waals surface area contributed by atoms with Crippen LogP contribution < -0.4 is 20.3 Å². The quantitative estimate of drug-likeness (QED) is 0.780. The molecule has 0 spiro atoms. The molecular formula is C18H24N6O3. The van der Waals surface area contributed by atoms with Gasteiger partial charge in [0.1, 0.15) is 17.4 Å². The number of aryl methyl sites for hydroxylation is 3. The Balaban J connectivity index is 1.51. The summed E-state index contributed by atoms with van der Waals surface area (Å²) in [5.41, 5.74) is 1.22. The minimum absolute atomic E-state index is 0.122. The van der Waals surface area contributed by atoms with Crippen molar-refractivity contribution in [3.05, 3.63) is 29.8 Å². The Bertz CT molecular complexity index is 863. The van der Waals surface area contributed by atoms with E-state index in [0.29, 0.717) is 30.2 Å². The Labute approximate surface area is 157 Å². The highest BCUT2D eigenvalue weighted by Crippen LogP contribution is 2.35. The number of fused-ring (bicyclic) bond motifs is 1. The second-order valence-electron chi connectivity index (χ2n) is 6.50. The standard InChI is InChI=1S/C18H24N6O3/c1-11-17(25)23(4)15-10-14(6-7-16(15)27-11)21-18(26)19-8-5-9-24-13(3)20-12(2)22-24/h6-7,10-11H,5,8-9H2,1-4H3,(H2,19,21,26). The summed E-state index contributed by atoms with van der Waals surface area (Å²) in [6, 6.07) is 4.91. The van der Waals surface area contributed by atoms with Gasteiger partial charge < -0.3 is 20.3 Å². The highest BCUT2D eigenvalue weighted by atomic mass is 16.5. The van der Waals surface area contributed by atoms with E-state index in [4.69, 9.17) is 4.74 Å². The van der Waals surface area contributed by atoms with Gasteiger partial charge in [0.25, 0.3) is 5.91 Å². The maximum atomic E-state index is 12.1. The van der Waals surface area contributed by atoms with Crippen molar-refractivity contribution in [1.29, 1.82) is 0 Å². The fraction of sp³-hybridized carbons (Fsp3) is 0.444. The largest absolute Gasteiger partial charge is 0.479 e. The average molecular weight is 372 g/mol. The van der Waals surface area contributed by atoms with Crippen LogP contribution in [0, 0.1) is 13.8 Å². The first-order chi connectivity index (χ1) is 12.8. The number of carbonyl (C=O) groups excluding carboxylic acids is 2. The number of anilines is 2. The molecule has 1 aromatic heterocycles. The zero-order valence-electron chi connectivity index (χ0n) is 15.9. The number of aromatic nitrogens is 3. The van der Waals surface area contributed by atoms with Gasteiger partial charge in [0.05, 0.1) is 5.69 Å². The molecule has 1 aromatic carbocycles. The number of benzene rings is 1. The van der Waals surface area contributed by atoms with Crippen LogP contribution in [0.1, 0.15) is 25.0 Å². The van der Waals surface area contributed by atoms with Gasteiger partial charge in [0, 0.05) is 25.8 Å². The van der Waals surface area contributed by atoms with E-state index in [9.17, 15) is 9.59 Å². The van der Waals surface area contributed by atoms with Gasteiger partial charge in [-0.3, -0.25) is 9.48 Å². The molecule has 0 saturated carbocycles. The summed E-state index contributed by atoms with van der Waals surface area (Å²) in [5.74, 6) is 2.10. The normalized spacial score (nSPS) is 15.9. The maximum absolute atomic E-state index is 12.1. The molecule has 1 atom stereocenters. The van der Waals surface area contributed by atoms with E-state index >= 15 is 0 Å². The molecule has 0 bridgehead atoms. The molecule has 2 N–H and O–H groups in total. The number of hydrogen-bond donors (Lipinski definition) is 2. The third-order valence-electron chi connectivity index (χ3n) is 4.36. The second kappa shape index (κ2) is 7.65. The van der Waals surface area contributed by atoms with Crippen LogP contribution in [0.2, 0.25) is 0 Å². The summed E-state index contributed by atoms with van der Waals surface area (Å²) in [5, 5.41) is 9.87. The molecule has 1 unspecified atom stereocenters. The molecule has 144 valence electrons. The lowest BCUT2D eigenvalue weighted by Gasteiger charge is -2.30. The number of hydrogen-bond acceptors (Lipinski definition) is 5. The van der Waals surface area contributed by atoms with E-state index in [1.165, 1.54) is 4.90 Å². The van der Waals surface area contributed by atoms with Crippen LogP contribution in [0.5, 0.6) is 5.75 Å². The number of nitrogens with one attached hydrogen (secondary N) is 2. The molecule has 0 aliphatic carbocycles. The number of carbonyl (C=O) groups is 2. The van der Waals surface area contributed by atoms with Crippen LogP contribution in [0.3, 0.4) is 0 Å². The summed E-state index contributed by atoms with van der Waals surface area (Å²) in [6.07, 6.45) is 0.228. The zero-order chi connectivity index (χ0) is 19.6. The SMILES string of the molecule is Cc1nc(C)n(CCCNC(=O)Nc2ccc3c(c2)N(C)C(=O)C(C)O3)n1. The lowest BCUT2D eigenvalue weighted by atomic mass is 10.2. The van der Waals surface area contributed by atoms with Gasteiger partial charge in [-0.25, -0.2) is 9.78 Å². The van der Waals surface area contributed by atoms with Crippen LogP contribution in [0.15, 0.2) is 18.2 Å². The van der Waals surface area contributed by atoms with Gasteiger partial charge in [-0.15, -0.1) is 0 Å². The smallest absolute Gasteiger partial charge is 0.319 e. The van der Waals surface area contributed by atoms with Crippen molar-refractivity contribution >= 4 is 23.3 Å². The van der Waals surface area contributed by atoms with Crippen LogP contribution in [0.4, 0.5) is 16.2 Å². The molecule has 2 aromatic rings. The molecule has 27 heavy (non-hydrogen) atoms. The Morgan fingerprint density at radius 2 is 2.11 bits per heavy atom. The van der Waals surface area contributed by atoms with Gasteiger partial charge in [0.15, 0.2) is 6.10 Å². The van der Waals surface area contributed by atoms with Crippen molar-refractivity contribution in [3.63, 3.8) is 0 Å². The first-order valence-corrected chi connectivity index (χ1v) is 8.86. The molecule has 9 nitrogen and oxygen atoms in total. The molecule has 3 amide bonds. The van der Waals surface area contributed by atoms with E-state index in [1.54, 1.807) is 32.2 Å². The van der Waals surface area contributed by atoms with Crippen molar-refractivity contribution in [2.45, 2.75) is 39.8 Å². The predicted molar refractivity (Wildman–Crippen MR) is 101 cm³/mol. The molecule has 0 saturated heterocycles. The van der Waals surface area contributed by atoms with Crippen molar-refractivity contribution in [2.24, 2.45) is 0 Å². The Hall–Kier alpha value is -3.10. The van der Waals surface area contributed by atoms with Crippen LogP contribution in [0.25, 0.3) is 0 Å². The topological polar surface area (TPSA) is 101 Å². The lowest BCUT2D eigenvalue weighted by molar-refractivity contribution is -0.125. The highest BCUT2D eigenvalue weighted by Gasteiger charge is 2.29. The number of likely N-dealkylation sites (N-methyl/N-ethyl adjacent to an activating group) is 1. The molecular weight excluding hydrogens is 348 g/mol. The number of urea groups is 1. The number of rotatable bonds is 5. The summed E-state index contributed by atoms with van der Waals surface area (Å²) < 4.78 is 7.40. The van der Waals surface area contributed by atoms with Gasteiger partial charge in [0.2, 0.25) is 0 Å². The lowest BCUT2D eigenvalue weighted by Crippen LogP contribution is -2.42. The predicted octanol–water partition coefficient (Wildman–Crippen LogP) is 1.85. The molecule has 0 fully saturated rings. The average Bonchev–Trinajstić information content (AvgIpc) is 2.95. The molecule has 1 aliphatic heterocycles. The van der Waals surface area contributed by atoms with Crippen molar-refractivity contribution in [1.82, 2.24) is 20.1 Å². The van der Waals surface area contributed by atoms with Gasteiger partial charge in [-0.05, 0) is 45.4 Å². The van der Waals surface area contributed by atoms with E-state index in [-0.39, 0.29) is 11.9 Å². The van der Waals surface area contributed by atoms with Gasteiger partial charge in [-0.1, -0.05) is 0 Å². The van der Waals surface area contributed by atoms with Crippen LogP contribution >= 0.6 is 0 Å². The third kappa shape index (κ3) is 4.18. The van der Waals surface area contributed by atoms with Crippen molar-refractivity contribution in [3.8, 4) is 5.75 Å². The molecule has 9 heteroatoms. The van der Waals surface area contributed by atoms with E-state index in [1.807, 2.05) is 18.5 Å². The van der Waals surface area contributed by atoms with Crippen LogP contribution in [-0.4, -0.2) is 46.4 Å². The number of nitrogens with zero attached hydrogens (tertiary/aromatic N) is 4. The third-order valence-corrected chi connectivity index (χ3v) is 4.36. The first-order valence-electron chi connectivity index (χ1n) is 8.86. The second-order valence-corrected chi connectivity index (χ2v) is 6.50. The highest BCUT2D eigenvalue weighted by molar-refractivity contribution is 6.00. The monoisotopic (exact) mass is 372 g/mol. The van der Waals surface area contributed by atoms with Crippen molar-refractivity contribution in [2.75, 3.05) is 23.8 Å². The van der Waals surface area contributed by atoms with E-state index in [2.05, 4.69) is 20.7 Å². The Kier molecular flexibility index (Phi) is 5.29. The molecule has 0 radical (unpaired) electrons. The first kappa shape index (κ1) is 18.7. The minimum Gasteiger partial charge on any atom is -0.479 e. The molecule has 3 rings (SSSR count). The zero-order valence-corrected chi connectivity index (χ0v) is 15.9. The van der Waals surface area contributed by atoms with Crippen molar-refractivity contribution < 1.29 is 14.3 Å². The number of amides is 3. The summed E-state index contributed by atoms with van der Waals surface area (Å²) in [4.78, 5) is 29.9. The van der Waals surface area contributed by atoms with Gasteiger partial charge in [-0.2, -0.15) is 5.10 Å². The van der Waals surface area contributed by atoms with Crippen LogP contribution in [-0.2, 0) is 11.3 Å². The maximum Gasteiger partial charge on any atom is 0.319 e. The fourth-order valence-corrected chi connectivity index (χ4v) is 2.97. The van der Waals surface area contributed by atoms with Gasteiger partial charge >= 0.3 is 6.03 Å². The Morgan fingerprint density at radius 3 is 2.81 bits per heavy atom. The van der Waals surface area contributed by atoms with E-state index < -0.39 is 6.10 Å². The van der Waals surface area contributed by atoms with E-state index in [0.717, 1.165) is 18.1 Å². The Morgan fingerprint density at radius 1 is 1.33 bits per heavy atom. The number of ether oxygens (including phenoxy) is 1. The summed E-state index contributed by atoms with van der Waals surface area (Å²) in [7, 11) is 1.69. The minimum atomic E-state index is -0.512. The fourth-order valence-electron chi connectivity index (χ4n) is 2.97. The molecule has 2 heterocycles. The molecule has 1 aliphatic rings. The summed E-state index contributed by atoms with van der Waals surface area (Å²) in [6.45, 7) is 6.67.